The highest BCUT2D eigenvalue weighted by Crippen LogP contribution is 2.18. The van der Waals surface area contributed by atoms with Crippen LogP contribution in [-0.2, 0) is 0 Å². The highest BCUT2D eigenvalue weighted by molar-refractivity contribution is 7.80. The Morgan fingerprint density at radius 3 is 2.58 bits per heavy atom. The number of carbonyl (C=O) groups is 1. The van der Waals surface area contributed by atoms with Crippen molar-refractivity contribution in [1.82, 2.24) is 9.80 Å². The molecule has 0 spiro atoms. The number of amides is 1. The molecule has 7 heteroatoms. The minimum Gasteiger partial charge on any atom is -0.336 e. The summed E-state index contributed by atoms with van der Waals surface area (Å²) < 4.78 is 0. The van der Waals surface area contributed by atoms with Gasteiger partial charge in [-0.25, -0.2) is 0 Å². The van der Waals surface area contributed by atoms with Gasteiger partial charge in [-0.05, 0) is 38.0 Å². The quantitative estimate of drug-likeness (QED) is 0.772. The SMILES string of the molecule is Cc1cccc(C(=O)N2CCN(CC(N)CS)C(C)C2)c1C.Cl.Cl. The summed E-state index contributed by atoms with van der Waals surface area (Å²) >= 11 is 4.25. The molecule has 4 nitrogen and oxygen atoms in total. The third-order valence-corrected chi connectivity index (χ3v) is 5.06. The fraction of sp³-hybridized carbons (Fsp3) is 0.588. The molecule has 1 heterocycles. The summed E-state index contributed by atoms with van der Waals surface area (Å²) in [4.78, 5) is 17.1. The minimum absolute atomic E-state index is 0. The monoisotopic (exact) mass is 393 g/mol. The Morgan fingerprint density at radius 2 is 2.00 bits per heavy atom. The summed E-state index contributed by atoms with van der Waals surface area (Å²) in [6, 6.07) is 6.35. The topological polar surface area (TPSA) is 49.6 Å². The Hall–Kier alpha value is -0.460. The predicted octanol–water partition coefficient (Wildman–Crippen LogP) is 2.55. The van der Waals surface area contributed by atoms with Gasteiger partial charge in [-0.2, -0.15) is 12.6 Å². The Balaban J connectivity index is 0.00000264. The van der Waals surface area contributed by atoms with Crippen molar-refractivity contribution < 1.29 is 4.79 Å². The molecule has 1 saturated heterocycles. The van der Waals surface area contributed by atoms with Crippen molar-refractivity contribution >= 4 is 43.4 Å². The van der Waals surface area contributed by atoms with Gasteiger partial charge < -0.3 is 10.6 Å². The predicted molar refractivity (Wildman–Crippen MR) is 109 cm³/mol. The van der Waals surface area contributed by atoms with E-state index in [9.17, 15) is 4.79 Å². The van der Waals surface area contributed by atoms with Crippen molar-refractivity contribution in [3.63, 3.8) is 0 Å². The van der Waals surface area contributed by atoms with Gasteiger partial charge in [0.15, 0.2) is 0 Å². The zero-order chi connectivity index (χ0) is 16.3. The summed E-state index contributed by atoms with van der Waals surface area (Å²) in [5.74, 6) is 0.833. The van der Waals surface area contributed by atoms with E-state index in [4.69, 9.17) is 5.73 Å². The molecule has 0 bridgehead atoms. The third-order valence-electron chi connectivity index (χ3n) is 4.59. The first-order chi connectivity index (χ1) is 10.4. The number of hydrogen-bond donors (Lipinski definition) is 2. The first-order valence-corrected chi connectivity index (χ1v) is 8.53. The Morgan fingerprint density at radius 1 is 1.33 bits per heavy atom. The van der Waals surface area contributed by atoms with Crippen LogP contribution in [0.1, 0.15) is 28.4 Å². The zero-order valence-corrected chi connectivity index (χ0v) is 17.1. The van der Waals surface area contributed by atoms with Crippen molar-refractivity contribution in [2.45, 2.75) is 32.9 Å². The lowest BCUT2D eigenvalue weighted by atomic mass is 10.0. The van der Waals surface area contributed by atoms with Gasteiger partial charge in [0.2, 0.25) is 0 Å². The molecule has 2 N–H and O–H groups in total. The molecular weight excluding hydrogens is 365 g/mol. The van der Waals surface area contributed by atoms with Gasteiger partial charge in [0.25, 0.3) is 5.91 Å². The number of carbonyl (C=O) groups excluding carboxylic acids is 1. The smallest absolute Gasteiger partial charge is 0.254 e. The fourth-order valence-corrected chi connectivity index (χ4v) is 3.08. The molecule has 0 aliphatic carbocycles. The van der Waals surface area contributed by atoms with Crippen LogP contribution in [0.4, 0.5) is 0 Å². The van der Waals surface area contributed by atoms with E-state index in [0.717, 1.165) is 42.9 Å². The Kier molecular flexibility index (Phi) is 10.3. The van der Waals surface area contributed by atoms with Gasteiger partial charge in [-0.3, -0.25) is 9.69 Å². The van der Waals surface area contributed by atoms with E-state index in [-0.39, 0.29) is 36.8 Å². The van der Waals surface area contributed by atoms with Gasteiger partial charge in [0.1, 0.15) is 0 Å². The zero-order valence-electron chi connectivity index (χ0n) is 14.6. The summed E-state index contributed by atoms with van der Waals surface area (Å²) in [5.41, 5.74) is 9.06. The molecule has 1 fully saturated rings. The molecule has 1 aliphatic rings. The van der Waals surface area contributed by atoms with Crippen molar-refractivity contribution in [1.29, 1.82) is 0 Å². The maximum atomic E-state index is 12.8. The lowest BCUT2D eigenvalue weighted by Crippen LogP contribution is -2.56. The van der Waals surface area contributed by atoms with E-state index < -0.39 is 0 Å². The molecule has 1 aromatic rings. The number of halogens is 2. The van der Waals surface area contributed by atoms with Crippen LogP contribution >= 0.6 is 37.4 Å². The van der Waals surface area contributed by atoms with E-state index in [1.807, 2.05) is 36.9 Å². The van der Waals surface area contributed by atoms with Crippen molar-refractivity contribution in [2.75, 3.05) is 31.9 Å². The highest BCUT2D eigenvalue weighted by atomic mass is 35.5. The Labute approximate surface area is 163 Å². The molecule has 1 aromatic carbocycles. The summed E-state index contributed by atoms with van der Waals surface area (Å²) in [6.07, 6.45) is 0. The molecule has 0 aromatic heterocycles. The van der Waals surface area contributed by atoms with Crippen LogP contribution in [0, 0.1) is 13.8 Å². The van der Waals surface area contributed by atoms with E-state index in [0.29, 0.717) is 11.8 Å². The fourth-order valence-electron chi connectivity index (χ4n) is 2.96. The molecule has 1 aliphatic heterocycles. The highest BCUT2D eigenvalue weighted by Gasteiger charge is 2.28. The first-order valence-electron chi connectivity index (χ1n) is 7.90. The molecule has 138 valence electrons. The van der Waals surface area contributed by atoms with Gasteiger partial charge in [0.05, 0.1) is 0 Å². The standard InChI is InChI=1S/C17H27N3OS.2ClH/c1-12-5-4-6-16(14(12)3)17(21)20-8-7-19(13(2)9-20)10-15(18)11-22;;/h4-6,13,15,22H,7-11,18H2,1-3H3;2*1H. The van der Waals surface area contributed by atoms with E-state index >= 15 is 0 Å². The van der Waals surface area contributed by atoms with Crippen LogP contribution in [-0.4, -0.2) is 59.7 Å². The summed E-state index contributed by atoms with van der Waals surface area (Å²) in [5, 5.41) is 0. The average molecular weight is 394 g/mol. The average Bonchev–Trinajstić information content (AvgIpc) is 2.51. The first kappa shape index (κ1) is 23.5. The second-order valence-electron chi connectivity index (χ2n) is 6.29. The van der Waals surface area contributed by atoms with Crippen molar-refractivity contribution in [2.24, 2.45) is 5.73 Å². The maximum absolute atomic E-state index is 12.8. The number of piperazine rings is 1. The van der Waals surface area contributed by atoms with Crippen LogP contribution < -0.4 is 5.73 Å². The minimum atomic E-state index is 0. The Bertz CT molecular complexity index is 545. The molecule has 24 heavy (non-hydrogen) atoms. The second kappa shape index (κ2) is 10.5. The molecule has 2 atom stereocenters. The van der Waals surface area contributed by atoms with Crippen LogP contribution in [0.25, 0.3) is 0 Å². The lowest BCUT2D eigenvalue weighted by molar-refractivity contribution is 0.0505. The van der Waals surface area contributed by atoms with E-state index in [1.165, 1.54) is 0 Å². The molecule has 1 amide bonds. The molecular formula is C17H29Cl2N3OS. The normalized spacial score (nSPS) is 19.2. The van der Waals surface area contributed by atoms with Gasteiger partial charge in [0, 0.05) is 49.6 Å². The van der Waals surface area contributed by atoms with Crippen LogP contribution in [0.5, 0.6) is 0 Å². The van der Waals surface area contributed by atoms with Crippen LogP contribution in [0.2, 0.25) is 0 Å². The molecule has 0 saturated carbocycles. The third kappa shape index (κ3) is 5.53. The van der Waals surface area contributed by atoms with Crippen molar-refractivity contribution in [3.8, 4) is 0 Å². The largest absolute Gasteiger partial charge is 0.336 e. The summed E-state index contributed by atoms with van der Waals surface area (Å²) in [7, 11) is 0. The lowest BCUT2D eigenvalue weighted by Gasteiger charge is -2.41. The molecule has 2 unspecified atom stereocenters. The van der Waals surface area contributed by atoms with Gasteiger partial charge >= 0.3 is 0 Å². The van der Waals surface area contributed by atoms with Crippen molar-refractivity contribution in [3.05, 3.63) is 34.9 Å². The van der Waals surface area contributed by atoms with Gasteiger partial charge in [-0.1, -0.05) is 12.1 Å². The summed E-state index contributed by atoms with van der Waals surface area (Å²) in [6.45, 7) is 9.46. The number of rotatable bonds is 4. The molecule has 2 rings (SSSR count). The van der Waals surface area contributed by atoms with E-state index in [2.05, 4.69) is 24.5 Å². The van der Waals surface area contributed by atoms with Crippen LogP contribution in [0.15, 0.2) is 18.2 Å². The number of thiol groups is 1. The van der Waals surface area contributed by atoms with Crippen LogP contribution in [0.3, 0.4) is 0 Å². The van der Waals surface area contributed by atoms with E-state index in [1.54, 1.807) is 0 Å². The number of aryl methyl sites for hydroxylation is 1. The maximum Gasteiger partial charge on any atom is 0.254 e. The number of hydrogen-bond acceptors (Lipinski definition) is 4. The number of nitrogens with zero attached hydrogens (tertiary/aromatic N) is 2. The number of benzene rings is 1. The molecule has 0 radical (unpaired) electrons. The van der Waals surface area contributed by atoms with Gasteiger partial charge in [-0.15, -0.1) is 24.8 Å². The number of nitrogens with two attached hydrogens (primary N) is 1. The second-order valence-corrected chi connectivity index (χ2v) is 6.65.